The maximum Gasteiger partial charge on any atom is 0.356 e. The second-order valence-corrected chi connectivity index (χ2v) is 5.75. The Morgan fingerprint density at radius 2 is 2.33 bits per heavy atom. The number of hydrogen-bond acceptors (Lipinski definition) is 4. The zero-order valence-corrected chi connectivity index (χ0v) is 10.9. The highest BCUT2D eigenvalue weighted by atomic mass is 16.4. The summed E-state index contributed by atoms with van der Waals surface area (Å²) < 4.78 is 1.56. The van der Waals surface area contributed by atoms with E-state index in [-0.39, 0.29) is 23.7 Å². The van der Waals surface area contributed by atoms with E-state index in [0.29, 0.717) is 5.69 Å². The molecule has 1 atom stereocenters. The Bertz CT molecular complexity index is 453. The summed E-state index contributed by atoms with van der Waals surface area (Å²) in [5.74, 6) is -0.996. The smallest absolute Gasteiger partial charge is 0.356 e. The molecular weight excluding hydrogens is 232 g/mol. The summed E-state index contributed by atoms with van der Waals surface area (Å²) in [6.45, 7) is 4.53. The van der Waals surface area contributed by atoms with E-state index in [1.165, 1.54) is 6.42 Å². The van der Waals surface area contributed by atoms with Gasteiger partial charge in [0.25, 0.3) is 0 Å². The van der Waals surface area contributed by atoms with Gasteiger partial charge in [0, 0.05) is 6.54 Å². The van der Waals surface area contributed by atoms with E-state index in [9.17, 15) is 9.90 Å². The quantitative estimate of drug-likeness (QED) is 0.851. The molecule has 0 saturated heterocycles. The standard InChI is InChI=1S/C12H20N4O2/c1-12(2)5-3-4-8(6-12)16-10(11(17)18)9(7-13)14-15-16/h8H,3-7,13H2,1-2H3,(H,17,18). The van der Waals surface area contributed by atoms with Gasteiger partial charge in [-0.1, -0.05) is 25.5 Å². The van der Waals surface area contributed by atoms with E-state index in [4.69, 9.17) is 5.73 Å². The highest BCUT2D eigenvalue weighted by Crippen LogP contribution is 2.41. The summed E-state index contributed by atoms with van der Waals surface area (Å²) in [6, 6.07) is 0.118. The fourth-order valence-electron chi connectivity index (χ4n) is 2.81. The van der Waals surface area contributed by atoms with Gasteiger partial charge < -0.3 is 10.8 Å². The first-order valence-corrected chi connectivity index (χ1v) is 6.32. The lowest BCUT2D eigenvalue weighted by atomic mass is 9.75. The van der Waals surface area contributed by atoms with Crippen molar-refractivity contribution in [1.29, 1.82) is 0 Å². The number of aromatic nitrogens is 3. The van der Waals surface area contributed by atoms with Crippen LogP contribution in [0.15, 0.2) is 0 Å². The van der Waals surface area contributed by atoms with Gasteiger partial charge in [-0.15, -0.1) is 5.10 Å². The van der Waals surface area contributed by atoms with Gasteiger partial charge in [0.15, 0.2) is 5.69 Å². The van der Waals surface area contributed by atoms with Crippen molar-refractivity contribution in [3.63, 3.8) is 0 Å². The SMILES string of the molecule is CC1(C)CCCC(n2nnc(CN)c2C(=O)O)C1. The lowest BCUT2D eigenvalue weighted by Crippen LogP contribution is -2.27. The Labute approximate surface area is 106 Å². The first-order valence-electron chi connectivity index (χ1n) is 6.32. The summed E-state index contributed by atoms with van der Waals surface area (Å²) in [5.41, 5.74) is 6.25. The van der Waals surface area contributed by atoms with Gasteiger partial charge >= 0.3 is 5.97 Å². The third-order valence-corrected chi connectivity index (χ3v) is 3.69. The minimum Gasteiger partial charge on any atom is -0.476 e. The van der Waals surface area contributed by atoms with Crippen LogP contribution in [0.2, 0.25) is 0 Å². The van der Waals surface area contributed by atoms with Crippen LogP contribution in [-0.2, 0) is 6.54 Å². The number of nitrogens with zero attached hydrogens (tertiary/aromatic N) is 3. The first-order chi connectivity index (χ1) is 8.44. The molecule has 3 N–H and O–H groups in total. The van der Waals surface area contributed by atoms with Crippen LogP contribution < -0.4 is 5.73 Å². The maximum atomic E-state index is 11.3. The second-order valence-electron chi connectivity index (χ2n) is 5.75. The molecule has 1 unspecified atom stereocenters. The number of carboxylic acid groups (broad SMARTS) is 1. The van der Waals surface area contributed by atoms with Crippen LogP contribution >= 0.6 is 0 Å². The number of hydrogen-bond donors (Lipinski definition) is 2. The van der Waals surface area contributed by atoms with Gasteiger partial charge in [-0.3, -0.25) is 0 Å². The molecule has 0 amide bonds. The number of rotatable bonds is 3. The number of aromatic carboxylic acids is 1. The molecule has 1 aliphatic carbocycles. The average Bonchev–Trinajstić information content (AvgIpc) is 2.71. The molecule has 0 radical (unpaired) electrons. The van der Waals surface area contributed by atoms with Crippen LogP contribution in [0.25, 0.3) is 0 Å². The molecular formula is C12H20N4O2. The van der Waals surface area contributed by atoms with Crippen molar-refractivity contribution >= 4 is 5.97 Å². The molecule has 1 fully saturated rings. The largest absolute Gasteiger partial charge is 0.476 e. The van der Waals surface area contributed by atoms with Gasteiger partial charge in [0.1, 0.15) is 5.69 Å². The lowest BCUT2D eigenvalue weighted by Gasteiger charge is -2.35. The van der Waals surface area contributed by atoms with Crippen LogP contribution in [0.3, 0.4) is 0 Å². The maximum absolute atomic E-state index is 11.3. The molecule has 1 heterocycles. The van der Waals surface area contributed by atoms with E-state index in [2.05, 4.69) is 24.2 Å². The summed E-state index contributed by atoms with van der Waals surface area (Å²) in [4.78, 5) is 11.3. The minimum atomic E-state index is -0.996. The van der Waals surface area contributed by atoms with Crippen LogP contribution in [0.5, 0.6) is 0 Å². The van der Waals surface area contributed by atoms with Crippen LogP contribution in [-0.4, -0.2) is 26.1 Å². The van der Waals surface area contributed by atoms with Crippen molar-refractivity contribution in [1.82, 2.24) is 15.0 Å². The molecule has 6 nitrogen and oxygen atoms in total. The Balaban J connectivity index is 2.33. The van der Waals surface area contributed by atoms with Crippen molar-refractivity contribution < 1.29 is 9.90 Å². The zero-order chi connectivity index (χ0) is 13.3. The Morgan fingerprint density at radius 3 is 2.89 bits per heavy atom. The zero-order valence-electron chi connectivity index (χ0n) is 10.9. The summed E-state index contributed by atoms with van der Waals surface area (Å²) in [5, 5.41) is 17.2. The molecule has 6 heteroatoms. The summed E-state index contributed by atoms with van der Waals surface area (Å²) in [6.07, 6.45) is 4.15. The molecule has 1 aliphatic rings. The topological polar surface area (TPSA) is 94.0 Å². The lowest BCUT2D eigenvalue weighted by molar-refractivity contribution is 0.0670. The molecule has 1 saturated carbocycles. The van der Waals surface area contributed by atoms with Crippen LogP contribution in [0.4, 0.5) is 0 Å². The number of nitrogens with two attached hydrogens (primary N) is 1. The van der Waals surface area contributed by atoms with E-state index < -0.39 is 5.97 Å². The molecule has 100 valence electrons. The Kier molecular flexibility index (Phi) is 3.38. The number of carbonyl (C=O) groups is 1. The molecule has 0 bridgehead atoms. The highest BCUT2D eigenvalue weighted by molar-refractivity contribution is 5.86. The molecule has 0 aromatic carbocycles. The molecule has 0 aliphatic heterocycles. The third-order valence-electron chi connectivity index (χ3n) is 3.69. The van der Waals surface area contributed by atoms with Gasteiger partial charge in [-0.25, -0.2) is 9.48 Å². The Morgan fingerprint density at radius 1 is 1.61 bits per heavy atom. The predicted octanol–water partition coefficient (Wildman–Crippen LogP) is 1.58. The molecule has 0 spiro atoms. The minimum absolute atomic E-state index is 0.109. The van der Waals surface area contributed by atoms with E-state index in [1.807, 2.05) is 0 Å². The van der Waals surface area contributed by atoms with Crippen molar-refractivity contribution in [3.8, 4) is 0 Å². The fourth-order valence-corrected chi connectivity index (χ4v) is 2.81. The van der Waals surface area contributed by atoms with E-state index >= 15 is 0 Å². The van der Waals surface area contributed by atoms with Crippen LogP contribution in [0.1, 0.15) is 61.8 Å². The summed E-state index contributed by atoms with van der Waals surface area (Å²) in [7, 11) is 0. The van der Waals surface area contributed by atoms with E-state index in [0.717, 1.165) is 19.3 Å². The molecule has 18 heavy (non-hydrogen) atoms. The molecule has 2 rings (SSSR count). The van der Waals surface area contributed by atoms with Crippen molar-refractivity contribution in [2.45, 2.75) is 52.1 Å². The monoisotopic (exact) mass is 252 g/mol. The van der Waals surface area contributed by atoms with Crippen molar-refractivity contribution in [2.24, 2.45) is 11.1 Å². The molecule has 1 aromatic heterocycles. The van der Waals surface area contributed by atoms with Gasteiger partial charge in [0.2, 0.25) is 0 Å². The first kappa shape index (κ1) is 13.0. The van der Waals surface area contributed by atoms with Crippen molar-refractivity contribution in [2.75, 3.05) is 0 Å². The van der Waals surface area contributed by atoms with Gasteiger partial charge in [-0.05, 0) is 24.7 Å². The Hall–Kier alpha value is -1.43. The normalized spacial score (nSPS) is 22.9. The average molecular weight is 252 g/mol. The predicted molar refractivity (Wildman–Crippen MR) is 66.2 cm³/mol. The fraction of sp³-hybridized carbons (Fsp3) is 0.750. The van der Waals surface area contributed by atoms with Gasteiger partial charge in [0.05, 0.1) is 6.04 Å². The third kappa shape index (κ3) is 2.38. The van der Waals surface area contributed by atoms with Crippen LogP contribution in [0, 0.1) is 5.41 Å². The molecule has 1 aromatic rings. The second kappa shape index (κ2) is 4.68. The number of carboxylic acids is 1. The van der Waals surface area contributed by atoms with Crippen molar-refractivity contribution in [3.05, 3.63) is 11.4 Å². The van der Waals surface area contributed by atoms with E-state index in [1.54, 1.807) is 4.68 Å². The van der Waals surface area contributed by atoms with Gasteiger partial charge in [-0.2, -0.15) is 0 Å². The summed E-state index contributed by atoms with van der Waals surface area (Å²) >= 11 is 0. The highest BCUT2D eigenvalue weighted by Gasteiger charge is 2.32.